The van der Waals surface area contributed by atoms with Crippen LogP contribution >= 0.6 is 11.6 Å². The second kappa shape index (κ2) is 5.56. The van der Waals surface area contributed by atoms with E-state index in [2.05, 4.69) is 5.32 Å². The first-order valence-electron chi connectivity index (χ1n) is 7.04. The van der Waals surface area contributed by atoms with E-state index >= 15 is 0 Å². The summed E-state index contributed by atoms with van der Waals surface area (Å²) in [5.41, 5.74) is 0.702. The lowest BCUT2D eigenvalue weighted by molar-refractivity contribution is -0.126. The Hall–Kier alpha value is -1.75. The zero-order valence-electron chi connectivity index (χ0n) is 11.8. The first-order chi connectivity index (χ1) is 10.1. The lowest BCUT2D eigenvalue weighted by Gasteiger charge is -2.24. The van der Waals surface area contributed by atoms with Gasteiger partial charge in [-0.05, 0) is 37.0 Å². The van der Waals surface area contributed by atoms with Crippen molar-refractivity contribution in [1.82, 2.24) is 5.32 Å². The zero-order chi connectivity index (χ0) is 15.0. The molecule has 1 atom stereocenters. The number of ether oxygens (including phenoxy) is 1. The minimum Gasteiger partial charge on any atom is -0.495 e. The molecule has 1 saturated carbocycles. The van der Waals surface area contributed by atoms with Gasteiger partial charge in [-0.3, -0.25) is 9.59 Å². The van der Waals surface area contributed by atoms with Crippen LogP contribution in [0.4, 0.5) is 5.69 Å². The topological polar surface area (TPSA) is 58.6 Å². The molecule has 1 aromatic rings. The van der Waals surface area contributed by atoms with E-state index in [9.17, 15) is 9.59 Å². The lowest BCUT2D eigenvalue weighted by Crippen LogP contribution is -2.46. The van der Waals surface area contributed by atoms with Crippen molar-refractivity contribution in [2.45, 2.75) is 25.3 Å². The fourth-order valence-corrected chi connectivity index (χ4v) is 2.88. The maximum atomic E-state index is 12.7. The summed E-state index contributed by atoms with van der Waals surface area (Å²) in [6, 6.07) is 4.83. The van der Waals surface area contributed by atoms with Crippen molar-refractivity contribution >= 4 is 29.1 Å². The Balaban J connectivity index is 1.90. The molecule has 1 unspecified atom stereocenters. The Morgan fingerprint density at radius 2 is 2.10 bits per heavy atom. The molecular formula is C15H17ClN2O3. The molecule has 2 aliphatic rings. The molecule has 2 amide bonds. The Morgan fingerprint density at radius 3 is 2.71 bits per heavy atom. The Kier molecular flexibility index (Phi) is 3.76. The van der Waals surface area contributed by atoms with Crippen LogP contribution in [0, 0.1) is 5.92 Å². The number of amides is 2. The fraction of sp³-hybridized carbons (Fsp3) is 0.467. The van der Waals surface area contributed by atoms with Crippen molar-refractivity contribution in [2.24, 2.45) is 5.92 Å². The molecule has 0 radical (unpaired) electrons. The quantitative estimate of drug-likeness (QED) is 0.929. The monoisotopic (exact) mass is 308 g/mol. The van der Waals surface area contributed by atoms with E-state index < -0.39 is 6.04 Å². The van der Waals surface area contributed by atoms with Gasteiger partial charge in [0.15, 0.2) is 0 Å². The number of nitrogens with zero attached hydrogens (tertiary/aromatic N) is 1. The number of nitrogens with one attached hydrogen (secondary N) is 1. The lowest BCUT2D eigenvalue weighted by atomic mass is 10.1. The predicted octanol–water partition coefficient (Wildman–Crippen LogP) is 1.98. The summed E-state index contributed by atoms with van der Waals surface area (Å²) in [4.78, 5) is 26.1. The number of hydrogen-bond acceptors (Lipinski definition) is 3. The summed E-state index contributed by atoms with van der Waals surface area (Å²) < 4.78 is 5.12. The van der Waals surface area contributed by atoms with Crippen LogP contribution in [0.2, 0.25) is 5.02 Å². The first kappa shape index (κ1) is 14.2. The van der Waals surface area contributed by atoms with Crippen molar-refractivity contribution in [2.75, 3.05) is 18.6 Å². The SMILES string of the molecule is COc1ccc(N2CCC(=O)NC(C3CC3)C2=O)cc1Cl. The van der Waals surface area contributed by atoms with E-state index in [1.165, 1.54) is 0 Å². The van der Waals surface area contributed by atoms with E-state index in [4.69, 9.17) is 16.3 Å². The third kappa shape index (κ3) is 2.83. The van der Waals surface area contributed by atoms with Crippen molar-refractivity contribution in [3.05, 3.63) is 23.2 Å². The number of halogens is 1. The number of anilines is 1. The van der Waals surface area contributed by atoms with Crippen LogP contribution in [0.25, 0.3) is 0 Å². The third-order valence-electron chi connectivity index (χ3n) is 3.95. The number of benzene rings is 1. The highest BCUT2D eigenvalue weighted by Crippen LogP contribution is 2.36. The number of hydrogen-bond donors (Lipinski definition) is 1. The molecule has 1 saturated heterocycles. The summed E-state index contributed by atoms with van der Waals surface area (Å²) in [6.45, 7) is 0.372. The van der Waals surface area contributed by atoms with Crippen LogP contribution in [-0.4, -0.2) is 31.5 Å². The Bertz CT molecular complexity index is 586. The smallest absolute Gasteiger partial charge is 0.249 e. The van der Waals surface area contributed by atoms with E-state index in [0.29, 0.717) is 29.4 Å². The zero-order valence-corrected chi connectivity index (χ0v) is 12.5. The van der Waals surface area contributed by atoms with Gasteiger partial charge in [-0.15, -0.1) is 0 Å². The molecule has 0 spiro atoms. The first-order valence-corrected chi connectivity index (χ1v) is 7.42. The van der Waals surface area contributed by atoms with Crippen molar-refractivity contribution in [3.8, 4) is 5.75 Å². The number of methoxy groups -OCH3 is 1. The second-order valence-electron chi connectivity index (χ2n) is 5.44. The minimum atomic E-state index is -0.402. The summed E-state index contributed by atoms with van der Waals surface area (Å²) in [7, 11) is 1.55. The molecule has 21 heavy (non-hydrogen) atoms. The van der Waals surface area contributed by atoms with Crippen molar-refractivity contribution in [1.29, 1.82) is 0 Å². The van der Waals surface area contributed by atoms with Crippen LogP contribution in [0.3, 0.4) is 0 Å². The molecule has 6 heteroatoms. The van der Waals surface area contributed by atoms with Crippen LogP contribution < -0.4 is 15.0 Å². The number of carbonyl (C=O) groups is 2. The van der Waals surface area contributed by atoms with E-state index in [1.807, 2.05) is 0 Å². The molecule has 0 aromatic heterocycles. The molecule has 2 fully saturated rings. The van der Waals surface area contributed by atoms with E-state index in [-0.39, 0.29) is 17.7 Å². The predicted molar refractivity (Wildman–Crippen MR) is 79.6 cm³/mol. The van der Waals surface area contributed by atoms with Crippen molar-refractivity contribution < 1.29 is 14.3 Å². The Labute approximate surface area is 128 Å². The van der Waals surface area contributed by atoms with Gasteiger partial charge in [0, 0.05) is 18.7 Å². The fourth-order valence-electron chi connectivity index (χ4n) is 2.63. The number of carbonyl (C=O) groups excluding carboxylic acids is 2. The maximum Gasteiger partial charge on any atom is 0.249 e. The minimum absolute atomic E-state index is 0.0513. The van der Waals surface area contributed by atoms with Gasteiger partial charge in [0.1, 0.15) is 11.8 Å². The van der Waals surface area contributed by atoms with Crippen LogP contribution in [-0.2, 0) is 9.59 Å². The Morgan fingerprint density at radius 1 is 1.33 bits per heavy atom. The molecule has 1 aliphatic heterocycles. The molecule has 1 N–H and O–H groups in total. The van der Waals surface area contributed by atoms with Crippen LogP contribution in [0.5, 0.6) is 5.75 Å². The molecule has 0 bridgehead atoms. The molecular weight excluding hydrogens is 292 g/mol. The molecule has 5 nitrogen and oxygen atoms in total. The van der Waals surface area contributed by atoms with Gasteiger partial charge in [0.25, 0.3) is 0 Å². The summed E-state index contributed by atoms with van der Waals surface area (Å²) in [5, 5.41) is 3.29. The van der Waals surface area contributed by atoms with Gasteiger partial charge in [0.2, 0.25) is 11.8 Å². The highest BCUT2D eigenvalue weighted by Gasteiger charge is 2.41. The normalized spacial score (nSPS) is 22.8. The van der Waals surface area contributed by atoms with Crippen LogP contribution in [0.15, 0.2) is 18.2 Å². The standard InChI is InChI=1S/C15H17ClN2O3/c1-21-12-5-4-10(8-11(12)16)18-7-6-13(19)17-14(15(18)20)9-2-3-9/h4-5,8-9,14H,2-3,6-7H2,1H3,(H,17,19). The maximum absolute atomic E-state index is 12.7. The molecule has 3 rings (SSSR count). The average molecular weight is 309 g/mol. The number of rotatable bonds is 3. The van der Waals surface area contributed by atoms with Gasteiger partial charge >= 0.3 is 0 Å². The highest BCUT2D eigenvalue weighted by molar-refractivity contribution is 6.32. The largest absolute Gasteiger partial charge is 0.495 e. The molecule has 1 aliphatic carbocycles. The molecule has 1 heterocycles. The summed E-state index contributed by atoms with van der Waals surface area (Å²) >= 11 is 6.13. The average Bonchev–Trinajstić information content (AvgIpc) is 3.29. The highest BCUT2D eigenvalue weighted by atomic mass is 35.5. The van der Waals surface area contributed by atoms with Crippen LogP contribution in [0.1, 0.15) is 19.3 Å². The van der Waals surface area contributed by atoms with E-state index in [0.717, 1.165) is 12.8 Å². The van der Waals surface area contributed by atoms with E-state index in [1.54, 1.807) is 30.2 Å². The second-order valence-corrected chi connectivity index (χ2v) is 5.85. The summed E-state index contributed by atoms with van der Waals surface area (Å²) in [6.07, 6.45) is 2.29. The third-order valence-corrected chi connectivity index (χ3v) is 4.25. The van der Waals surface area contributed by atoms with Gasteiger partial charge in [-0.1, -0.05) is 11.6 Å². The van der Waals surface area contributed by atoms with Gasteiger partial charge in [-0.2, -0.15) is 0 Å². The molecule has 112 valence electrons. The van der Waals surface area contributed by atoms with Crippen molar-refractivity contribution in [3.63, 3.8) is 0 Å². The summed E-state index contributed by atoms with van der Waals surface area (Å²) in [5.74, 6) is 0.721. The van der Waals surface area contributed by atoms with Gasteiger partial charge in [0.05, 0.1) is 12.1 Å². The molecule has 1 aromatic carbocycles. The van der Waals surface area contributed by atoms with Gasteiger partial charge in [-0.25, -0.2) is 0 Å². The van der Waals surface area contributed by atoms with Gasteiger partial charge < -0.3 is 15.0 Å².